The molecule has 2 heterocycles. The van der Waals surface area contributed by atoms with Crippen molar-refractivity contribution in [3.8, 4) is 78.1 Å². The predicted molar refractivity (Wildman–Crippen MR) is 468 cm³/mol. The summed E-state index contributed by atoms with van der Waals surface area (Å²) < 4.78 is 5.82. The average molecular weight is 1460 g/mol. The maximum Gasteiger partial charge on any atom is 0.0541 e. The minimum absolute atomic E-state index is 1.06. The minimum atomic E-state index is 1.06. The summed E-state index contributed by atoms with van der Waals surface area (Å²) in [4.78, 5) is 2.35. The molecule has 516 valence electrons. The number of rotatable bonds is 13. The molecule has 20 rings (SSSR count). The van der Waals surface area contributed by atoms with Crippen LogP contribution in [0.5, 0.6) is 0 Å². The van der Waals surface area contributed by atoms with Crippen LogP contribution < -0.4 is 10.2 Å². The lowest BCUT2D eigenvalue weighted by molar-refractivity contribution is 1.17. The van der Waals surface area contributed by atoms with Gasteiger partial charge in [0.2, 0.25) is 0 Å². The van der Waals surface area contributed by atoms with Crippen LogP contribution in [0.4, 0.5) is 28.4 Å². The van der Waals surface area contributed by atoms with Crippen molar-refractivity contribution in [1.29, 1.82) is 0 Å². The van der Waals surface area contributed by atoms with E-state index in [9.17, 15) is 0 Å². The van der Waals surface area contributed by atoms with Crippen LogP contribution in [0.1, 0.15) is 0 Å². The lowest BCUT2D eigenvalue weighted by Gasteiger charge is -2.26. The summed E-state index contributed by atoms with van der Waals surface area (Å²) in [5, 5.41) is 13.7. The van der Waals surface area contributed by atoms with E-state index in [1.807, 2.05) is 6.07 Å². The van der Waals surface area contributed by atoms with E-state index < -0.39 is 0 Å². The molecule has 0 atom stereocenters. The van der Waals surface area contributed by atoms with Gasteiger partial charge in [0.15, 0.2) is 0 Å². The minimum Gasteiger partial charge on any atom is -0.356 e. The standard InChI is InChI=1S/C52H36N2.C36H26N2.C16H11Br/c1-2-10-37(11-3-1)39-18-20-40(21-19-39)41-24-28-45(29-25-41)53(46-30-26-42(27-31-46)44-23-22-38-12-4-5-13-43(38)36-44)47-32-34-48(35-33-47)54-51-16-8-6-14-49(51)50-15-7-9-17-52(50)54;1-2-8-26(9-3-1)27-14-16-28(17-15-27)29-18-20-30(21-19-29)37-31-22-24-32(25-23-31)38-35-12-6-4-10-33(35)34-11-5-7-13-36(34)38;17-16-9-7-13(8-10-16)15-6-5-12-3-1-2-4-14(12)11-15/h1-36H;1-25,37H;1-11H. The molecule has 2 aromatic heterocycles. The van der Waals surface area contributed by atoms with E-state index in [4.69, 9.17) is 0 Å². The van der Waals surface area contributed by atoms with Gasteiger partial charge in [0.25, 0.3) is 0 Å². The molecular formula is C104H73BrN4. The van der Waals surface area contributed by atoms with Gasteiger partial charge in [-0.2, -0.15) is 0 Å². The molecule has 0 saturated carbocycles. The van der Waals surface area contributed by atoms with Gasteiger partial charge >= 0.3 is 0 Å². The fourth-order valence-corrected chi connectivity index (χ4v) is 15.4. The molecular weight excluding hydrogens is 1390 g/mol. The number of nitrogens with one attached hydrogen (secondary N) is 1. The molecule has 0 spiro atoms. The van der Waals surface area contributed by atoms with Crippen LogP contribution in [0.2, 0.25) is 0 Å². The number of nitrogens with zero attached hydrogens (tertiary/aromatic N) is 3. The highest BCUT2D eigenvalue weighted by Gasteiger charge is 2.18. The van der Waals surface area contributed by atoms with Gasteiger partial charge in [-0.1, -0.05) is 319 Å². The molecule has 0 aliphatic rings. The third-order valence-corrected chi connectivity index (χ3v) is 21.3. The first-order valence-electron chi connectivity index (χ1n) is 37.0. The Kier molecular flexibility index (Phi) is 18.7. The Labute approximate surface area is 643 Å². The third-order valence-electron chi connectivity index (χ3n) is 20.7. The van der Waals surface area contributed by atoms with Gasteiger partial charge in [0.05, 0.1) is 22.1 Å². The summed E-state index contributed by atoms with van der Waals surface area (Å²) in [6.45, 7) is 0. The highest BCUT2D eigenvalue weighted by atomic mass is 79.9. The summed E-state index contributed by atoms with van der Waals surface area (Å²) >= 11 is 3.46. The molecule has 20 aromatic rings. The summed E-state index contributed by atoms with van der Waals surface area (Å²) in [7, 11) is 0. The Morgan fingerprint density at radius 2 is 0.431 bits per heavy atom. The summed E-state index contributed by atoms with van der Waals surface area (Å²) in [5.41, 5.74) is 27.2. The predicted octanol–water partition coefficient (Wildman–Crippen LogP) is 29.5. The van der Waals surface area contributed by atoms with Gasteiger partial charge in [-0.15, -0.1) is 0 Å². The van der Waals surface area contributed by atoms with Crippen molar-refractivity contribution in [2.24, 2.45) is 0 Å². The van der Waals surface area contributed by atoms with Crippen LogP contribution in [0.15, 0.2) is 441 Å². The second kappa shape index (κ2) is 30.3. The van der Waals surface area contributed by atoms with Crippen molar-refractivity contribution < 1.29 is 0 Å². The van der Waals surface area contributed by atoms with E-state index in [0.29, 0.717) is 0 Å². The topological polar surface area (TPSA) is 25.1 Å². The normalized spacial score (nSPS) is 11.2. The third kappa shape index (κ3) is 14.1. The number of para-hydroxylation sites is 4. The molecule has 0 radical (unpaired) electrons. The molecule has 0 unspecified atom stereocenters. The Morgan fingerprint density at radius 1 is 0.193 bits per heavy atom. The highest BCUT2D eigenvalue weighted by Crippen LogP contribution is 2.41. The Morgan fingerprint density at radius 3 is 0.789 bits per heavy atom. The first kappa shape index (κ1) is 67.1. The lowest BCUT2D eigenvalue weighted by atomic mass is 10.00. The van der Waals surface area contributed by atoms with E-state index >= 15 is 0 Å². The highest BCUT2D eigenvalue weighted by molar-refractivity contribution is 9.10. The molecule has 109 heavy (non-hydrogen) atoms. The fourth-order valence-electron chi connectivity index (χ4n) is 15.2. The van der Waals surface area contributed by atoms with Crippen LogP contribution in [0.3, 0.4) is 0 Å². The Bertz CT molecular complexity index is 6440. The monoisotopic (exact) mass is 1460 g/mol. The smallest absolute Gasteiger partial charge is 0.0541 e. The lowest BCUT2D eigenvalue weighted by Crippen LogP contribution is -2.10. The molecule has 4 nitrogen and oxygen atoms in total. The molecule has 1 N–H and O–H groups in total. The summed E-state index contributed by atoms with van der Waals surface area (Å²) in [6, 6.07) is 156. The molecule has 0 fully saturated rings. The zero-order valence-corrected chi connectivity index (χ0v) is 61.4. The molecule has 0 aliphatic carbocycles. The fraction of sp³-hybridized carbons (Fsp3) is 0. The van der Waals surface area contributed by atoms with E-state index in [1.165, 1.54) is 132 Å². The first-order chi connectivity index (χ1) is 53.9. The average Bonchev–Trinajstić information content (AvgIpc) is 1.61. The van der Waals surface area contributed by atoms with E-state index in [0.717, 1.165) is 44.3 Å². The molecule has 5 heteroatoms. The number of fused-ring (bicyclic) bond motifs is 8. The van der Waals surface area contributed by atoms with Gasteiger partial charge in [-0.25, -0.2) is 0 Å². The Balaban J connectivity index is 0.000000131. The first-order valence-corrected chi connectivity index (χ1v) is 37.8. The molecule has 0 aliphatic heterocycles. The van der Waals surface area contributed by atoms with Crippen molar-refractivity contribution >= 4 is 110 Å². The largest absolute Gasteiger partial charge is 0.356 e. The number of aromatic nitrogens is 2. The second-order valence-electron chi connectivity index (χ2n) is 27.5. The van der Waals surface area contributed by atoms with Crippen molar-refractivity contribution in [2.75, 3.05) is 10.2 Å². The van der Waals surface area contributed by atoms with Gasteiger partial charge < -0.3 is 19.4 Å². The van der Waals surface area contributed by atoms with Gasteiger partial charge in [-0.3, -0.25) is 0 Å². The number of anilines is 5. The number of hydrogen-bond donors (Lipinski definition) is 1. The molecule has 0 bridgehead atoms. The number of halogens is 1. The van der Waals surface area contributed by atoms with E-state index in [-0.39, 0.29) is 0 Å². The van der Waals surface area contributed by atoms with Crippen molar-refractivity contribution in [3.63, 3.8) is 0 Å². The maximum atomic E-state index is 3.55. The van der Waals surface area contributed by atoms with Gasteiger partial charge in [0, 0.05) is 65.8 Å². The second-order valence-corrected chi connectivity index (χ2v) is 28.4. The quantitative estimate of drug-likeness (QED) is 0.124. The maximum absolute atomic E-state index is 3.55. The van der Waals surface area contributed by atoms with Crippen LogP contribution in [-0.4, -0.2) is 9.13 Å². The zero-order valence-electron chi connectivity index (χ0n) is 59.8. The van der Waals surface area contributed by atoms with Crippen molar-refractivity contribution in [1.82, 2.24) is 9.13 Å². The number of benzene rings is 18. The van der Waals surface area contributed by atoms with E-state index in [2.05, 4.69) is 466 Å². The summed E-state index contributed by atoms with van der Waals surface area (Å²) in [5.74, 6) is 0. The van der Waals surface area contributed by atoms with Crippen LogP contribution in [0, 0.1) is 0 Å². The van der Waals surface area contributed by atoms with E-state index in [1.54, 1.807) is 0 Å². The zero-order chi connectivity index (χ0) is 72.8. The van der Waals surface area contributed by atoms with Crippen molar-refractivity contribution in [3.05, 3.63) is 441 Å². The van der Waals surface area contributed by atoms with Gasteiger partial charge in [-0.05, 0) is 222 Å². The van der Waals surface area contributed by atoms with Gasteiger partial charge in [0.1, 0.15) is 0 Å². The number of hydrogen-bond acceptors (Lipinski definition) is 2. The van der Waals surface area contributed by atoms with Crippen LogP contribution >= 0.6 is 15.9 Å². The SMILES string of the molecule is Brc1ccc(-c2ccc3ccccc3c2)cc1.c1ccc(-c2ccc(-c3ccc(N(c4ccc(-c5ccc6ccccc6c5)cc4)c4ccc(-n5c6ccccc6c6ccccc65)cc4)cc3)cc2)cc1.c1ccc(-c2ccc(-c3ccc(Nc4ccc(-n5c6ccccc6c6ccccc65)cc4)cc3)cc2)cc1. The molecule has 0 amide bonds. The summed E-state index contributed by atoms with van der Waals surface area (Å²) in [6.07, 6.45) is 0. The Hall–Kier alpha value is -13.8. The molecule has 18 aromatic carbocycles. The van der Waals surface area contributed by atoms with Crippen LogP contribution in [0.25, 0.3) is 143 Å². The van der Waals surface area contributed by atoms with Crippen molar-refractivity contribution in [2.45, 2.75) is 0 Å². The molecule has 0 saturated heterocycles. The van der Waals surface area contributed by atoms with Crippen LogP contribution in [-0.2, 0) is 0 Å².